The van der Waals surface area contributed by atoms with Gasteiger partial charge in [-0.1, -0.05) is 38.7 Å². The SMILES string of the molecule is COc1cc(OC)c(Cl)c(-c2ccc3nc(NC4CN(C(=O)OC(C)(C)C)CC4NP)ncc3c2)c1Cl. The fourth-order valence-electron chi connectivity index (χ4n) is 4.16. The van der Waals surface area contributed by atoms with Crippen molar-refractivity contribution >= 4 is 55.5 Å². The highest BCUT2D eigenvalue weighted by molar-refractivity contribution is 7.13. The van der Waals surface area contributed by atoms with Gasteiger partial charge < -0.3 is 24.4 Å². The number of anilines is 1. The third-order valence-corrected chi connectivity index (χ3v) is 7.12. The highest BCUT2D eigenvalue weighted by Gasteiger charge is 2.37. The Kier molecular flexibility index (Phi) is 8.19. The molecule has 1 saturated heterocycles. The summed E-state index contributed by atoms with van der Waals surface area (Å²) in [6.07, 6.45) is 1.39. The van der Waals surface area contributed by atoms with E-state index < -0.39 is 5.60 Å². The molecule has 0 spiro atoms. The van der Waals surface area contributed by atoms with Gasteiger partial charge in [-0.15, -0.1) is 0 Å². The third-order valence-electron chi connectivity index (χ3n) is 5.94. The molecule has 1 aromatic heterocycles. The number of rotatable bonds is 6. The number of fused-ring (bicyclic) bond motifs is 1. The van der Waals surface area contributed by atoms with E-state index in [4.69, 9.17) is 37.4 Å². The minimum atomic E-state index is -0.558. The van der Waals surface area contributed by atoms with Gasteiger partial charge in [-0.25, -0.2) is 14.8 Å². The van der Waals surface area contributed by atoms with E-state index >= 15 is 0 Å². The van der Waals surface area contributed by atoms with E-state index in [0.717, 1.165) is 16.5 Å². The van der Waals surface area contributed by atoms with E-state index in [1.165, 1.54) is 14.2 Å². The average molecular weight is 566 g/mol. The Morgan fingerprint density at radius 2 is 1.73 bits per heavy atom. The van der Waals surface area contributed by atoms with Crippen molar-refractivity contribution in [2.24, 2.45) is 0 Å². The fourth-order valence-corrected chi connectivity index (χ4v) is 5.21. The van der Waals surface area contributed by atoms with Crippen molar-refractivity contribution in [2.45, 2.75) is 38.5 Å². The molecule has 12 heteroatoms. The van der Waals surface area contributed by atoms with E-state index in [1.54, 1.807) is 17.2 Å². The quantitative estimate of drug-likeness (QED) is 0.383. The van der Waals surface area contributed by atoms with Gasteiger partial charge >= 0.3 is 6.09 Å². The van der Waals surface area contributed by atoms with Crippen LogP contribution >= 0.6 is 32.6 Å². The number of nitrogens with zero attached hydrogens (tertiary/aromatic N) is 3. The predicted octanol–water partition coefficient (Wildman–Crippen LogP) is 5.40. The van der Waals surface area contributed by atoms with Crippen molar-refractivity contribution < 1.29 is 19.0 Å². The van der Waals surface area contributed by atoms with Crippen LogP contribution in [0.5, 0.6) is 11.5 Å². The van der Waals surface area contributed by atoms with Crippen LogP contribution in [0.1, 0.15) is 20.8 Å². The van der Waals surface area contributed by atoms with E-state index in [9.17, 15) is 4.79 Å². The molecule has 1 fully saturated rings. The molecule has 1 aliphatic rings. The van der Waals surface area contributed by atoms with Crippen molar-refractivity contribution in [3.05, 3.63) is 40.5 Å². The minimum absolute atomic E-state index is 0.0217. The monoisotopic (exact) mass is 565 g/mol. The summed E-state index contributed by atoms with van der Waals surface area (Å²) in [5, 5.41) is 8.11. The molecule has 3 unspecified atom stereocenters. The first-order chi connectivity index (χ1) is 17.5. The number of amides is 1. The van der Waals surface area contributed by atoms with Crippen LogP contribution in [-0.4, -0.2) is 66.0 Å². The molecule has 0 radical (unpaired) electrons. The smallest absolute Gasteiger partial charge is 0.410 e. The van der Waals surface area contributed by atoms with Gasteiger partial charge in [0.15, 0.2) is 0 Å². The molecule has 4 rings (SSSR count). The maximum Gasteiger partial charge on any atom is 0.410 e. The molecule has 0 aliphatic carbocycles. The fraction of sp³-hybridized carbons (Fsp3) is 0.400. The Bertz CT molecular complexity index is 1290. The number of ether oxygens (including phenoxy) is 3. The molecule has 3 aromatic rings. The lowest BCUT2D eigenvalue weighted by Crippen LogP contribution is -2.39. The number of carbonyl (C=O) groups is 1. The molecular weight excluding hydrogens is 536 g/mol. The van der Waals surface area contributed by atoms with Crippen LogP contribution in [0.4, 0.5) is 10.7 Å². The standard InChI is InChI=1S/C25H30Cl2N5O4P/c1-25(2,3)36-24(33)32-11-16(17(12-32)31-37)30-23-28-10-14-8-13(6-7-15(14)29-23)20-21(26)18(34-4)9-19(35-5)22(20)27/h6-10,16-17,31H,11-12,37H2,1-5H3,(H,28,29,30). The zero-order valence-electron chi connectivity index (χ0n) is 21.3. The molecule has 1 aliphatic heterocycles. The van der Waals surface area contributed by atoms with E-state index in [0.29, 0.717) is 46.1 Å². The average Bonchev–Trinajstić information content (AvgIpc) is 3.26. The molecule has 9 nitrogen and oxygen atoms in total. The van der Waals surface area contributed by atoms with Crippen molar-refractivity contribution in [1.29, 1.82) is 0 Å². The second-order valence-corrected chi connectivity index (χ2v) is 10.7. The Hall–Kier alpha value is -2.58. The largest absolute Gasteiger partial charge is 0.495 e. The summed E-state index contributed by atoms with van der Waals surface area (Å²) < 4.78 is 16.3. The Morgan fingerprint density at radius 3 is 2.32 bits per heavy atom. The Morgan fingerprint density at radius 1 is 1.08 bits per heavy atom. The lowest BCUT2D eigenvalue weighted by atomic mass is 10.0. The van der Waals surface area contributed by atoms with Crippen LogP contribution < -0.4 is 19.9 Å². The highest BCUT2D eigenvalue weighted by Crippen LogP contribution is 2.46. The number of nitrogens with one attached hydrogen (secondary N) is 2. The van der Waals surface area contributed by atoms with Gasteiger partial charge in [0.25, 0.3) is 0 Å². The second kappa shape index (κ2) is 11.0. The number of hydrogen-bond donors (Lipinski definition) is 2. The summed E-state index contributed by atoms with van der Waals surface area (Å²) in [6, 6.07) is 7.20. The number of likely N-dealkylation sites (tertiary alicyclic amines) is 1. The van der Waals surface area contributed by atoms with Crippen LogP contribution in [0, 0.1) is 0 Å². The van der Waals surface area contributed by atoms with Crippen LogP contribution in [-0.2, 0) is 4.74 Å². The third kappa shape index (κ3) is 5.96. The van der Waals surface area contributed by atoms with Gasteiger partial charge in [0.05, 0.1) is 35.8 Å². The molecule has 198 valence electrons. The lowest BCUT2D eigenvalue weighted by molar-refractivity contribution is 0.0291. The predicted molar refractivity (Wildman–Crippen MR) is 150 cm³/mol. The van der Waals surface area contributed by atoms with Crippen LogP contribution in [0.3, 0.4) is 0 Å². The highest BCUT2D eigenvalue weighted by atomic mass is 35.5. The first-order valence-electron chi connectivity index (χ1n) is 11.6. The normalized spacial score (nSPS) is 17.7. The summed E-state index contributed by atoms with van der Waals surface area (Å²) in [5.74, 6) is 1.38. The number of benzene rings is 2. The van der Waals surface area contributed by atoms with Gasteiger partial charge in [0.1, 0.15) is 17.1 Å². The summed E-state index contributed by atoms with van der Waals surface area (Å²) >= 11 is 13.2. The summed E-state index contributed by atoms with van der Waals surface area (Å²) in [5.41, 5.74) is 1.56. The molecule has 0 bridgehead atoms. The van der Waals surface area contributed by atoms with Gasteiger partial charge in [-0.2, -0.15) is 0 Å². The van der Waals surface area contributed by atoms with Crippen molar-refractivity contribution in [3.8, 4) is 22.6 Å². The van der Waals surface area contributed by atoms with Gasteiger partial charge in [0.2, 0.25) is 5.95 Å². The summed E-state index contributed by atoms with van der Waals surface area (Å²) in [6.45, 7) is 6.50. The molecule has 2 aromatic carbocycles. The molecular formula is C25H30Cl2N5O4P. The van der Waals surface area contributed by atoms with Crippen molar-refractivity contribution in [1.82, 2.24) is 20.0 Å². The minimum Gasteiger partial charge on any atom is -0.495 e. The van der Waals surface area contributed by atoms with Crippen LogP contribution in [0.15, 0.2) is 30.5 Å². The van der Waals surface area contributed by atoms with E-state index in [1.807, 2.05) is 39.0 Å². The van der Waals surface area contributed by atoms with Crippen LogP contribution in [0.25, 0.3) is 22.0 Å². The zero-order valence-corrected chi connectivity index (χ0v) is 23.9. The van der Waals surface area contributed by atoms with Gasteiger partial charge in [-0.05, 0) is 38.5 Å². The van der Waals surface area contributed by atoms with Crippen LogP contribution in [0.2, 0.25) is 10.0 Å². The summed E-state index contributed by atoms with van der Waals surface area (Å²) in [4.78, 5) is 23.4. The van der Waals surface area contributed by atoms with E-state index in [2.05, 4.69) is 29.8 Å². The topological polar surface area (TPSA) is 97.8 Å². The van der Waals surface area contributed by atoms with E-state index in [-0.39, 0.29) is 18.2 Å². The zero-order chi connectivity index (χ0) is 26.9. The molecule has 3 atom stereocenters. The molecule has 37 heavy (non-hydrogen) atoms. The molecule has 0 saturated carbocycles. The summed E-state index contributed by atoms with van der Waals surface area (Å²) in [7, 11) is 5.59. The number of halogens is 2. The second-order valence-electron chi connectivity index (χ2n) is 9.66. The first-order valence-corrected chi connectivity index (χ1v) is 13.0. The Balaban J connectivity index is 1.58. The Labute approximate surface area is 228 Å². The molecule has 2 heterocycles. The molecule has 1 amide bonds. The number of carbonyl (C=O) groups excluding carboxylic acids is 1. The molecule has 2 N–H and O–H groups in total. The van der Waals surface area contributed by atoms with Gasteiger partial charge in [0, 0.05) is 42.3 Å². The number of hydrogen-bond acceptors (Lipinski definition) is 8. The first kappa shape index (κ1) is 27.5. The number of methoxy groups -OCH3 is 2. The maximum absolute atomic E-state index is 12.5. The number of aromatic nitrogens is 2. The van der Waals surface area contributed by atoms with Crippen molar-refractivity contribution in [3.63, 3.8) is 0 Å². The maximum atomic E-state index is 12.5. The van der Waals surface area contributed by atoms with Gasteiger partial charge in [-0.3, -0.25) is 5.09 Å². The lowest BCUT2D eigenvalue weighted by Gasteiger charge is -2.24. The van der Waals surface area contributed by atoms with Crippen molar-refractivity contribution in [2.75, 3.05) is 32.6 Å².